The second kappa shape index (κ2) is 7.64. The second-order valence-electron chi connectivity index (χ2n) is 4.01. The van der Waals surface area contributed by atoms with E-state index in [9.17, 15) is 0 Å². The van der Waals surface area contributed by atoms with Gasteiger partial charge in [0, 0.05) is 17.6 Å². The Bertz CT molecular complexity index is 322. The van der Waals surface area contributed by atoms with Gasteiger partial charge in [0.25, 0.3) is 0 Å². The highest BCUT2D eigenvalue weighted by atomic mass is 79.9. The molecule has 0 N–H and O–H groups in total. The summed E-state index contributed by atoms with van der Waals surface area (Å²) >= 11 is 3.51. The molecular weight excluding hydrogens is 262 g/mol. The van der Waals surface area contributed by atoms with E-state index in [2.05, 4.69) is 58.6 Å². The Kier molecular flexibility index (Phi) is 6.43. The zero-order valence-corrected chi connectivity index (χ0v) is 11.5. The molecule has 2 heteroatoms. The van der Waals surface area contributed by atoms with Crippen LogP contribution >= 0.6 is 15.9 Å². The lowest BCUT2D eigenvalue weighted by molar-refractivity contribution is 0.289. The third-order valence-corrected chi connectivity index (χ3v) is 3.00. The molecule has 0 aliphatic rings. The zero-order valence-electron chi connectivity index (χ0n) is 9.95. The average molecular weight is 282 g/mol. The van der Waals surface area contributed by atoms with Crippen molar-refractivity contribution in [3.05, 3.63) is 47.0 Å². The minimum absolute atomic E-state index is 0.965. The minimum Gasteiger partial charge on any atom is -0.295 e. The Hall–Kier alpha value is -0.600. The van der Waals surface area contributed by atoms with Crippen molar-refractivity contribution in [2.75, 3.05) is 13.1 Å². The molecule has 88 valence electrons. The Labute approximate surface area is 107 Å². The van der Waals surface area contributed by atoms with E-state index in [1.807, 2.05) is 6.08 Å². The number of unbranched alkanes of at least 4 members (excludes halogenated alkanes) is 1. The van der Waals surface area contributed by atoms with Crippen molar-refractivity contribution in [2.45, 2.75) is 26.3 Å². The smallest absolute Gasteiger partial charge is 0.0237 e. The number of nitrogens with zero attached hydrogens (tertiary/aromatic N) is 1. The maximum absolute atomic E-state index is 3.82. The molecule has 0 amide bonds. The third-order valence-electron chi connectivity index (χ3n) is 2.51. The van der Waals surface area contributed by atoms with Gasteiger partial charge in [-0.3, -0.25) is 4.90 Å². The summed E-state index contributed by atoms with van der Waals surface area (Å²) in [7, 11) is 0. The van der Waals surface area contributed by atoms with Crippen LogP contribution in [0.25, 0.3) is 0 Å². The molecule has 0 saturated heterocycles. The Morgan fingerprint density at radius 2 is 2.25 bits per heavy atom. The first kappa shape index (κ1) is 13.5. The van der Waals surface area contributed by atoms with Gasteiger partial charge in [0.05, 0.1) is 0 Å². The van der Waals surface area contributed by atoms with E-state index in [1.165, 1.54) is 18.4 Å². The molecule has 0 spiro atoms. The van der Waals surface area contributed by atoms with E-state index in [0.29, 0.717) is 0 Å². The van der Waals surface area contributed by atoms with Crippen LogP contribution in [0.4, 0.5) is 0 Å². The molecule has 1 aromatic rings. The fourth-order valence-corrected chi connectivity index (χ4v) is 2.14. The van der Waals surface area contributed by atoms with Gasteiger partial charge in [-0.15, -0.1) is 6.58 Å². The molecule has 0 saturated carbocycles. The molecule has 1 aromatic carbocycles. The quantitative estimate of drug-likeness (QED) is 0.676. The number of rotatable bonds is 7. The lowest BCUT2D eigenvalue weighted by Gasteiger charge is -2.20. The average Bonchev–Trinajstić information content (AvgIpc) is 2.26. The van der Waals surface area contributed by atoms with Crippen molar-refractivity contribution < 1.29 is 0 Å². The van der Waals surface area contributed by atoms with Gasteiger partial charge in [0.15, 0.2) is 0 Å². The van der Waals surface area contributed by atoms with Crippen LogP contribution in [0, 0.1) is 0 Å². The fourth-order valence-electron chi connectivity index (χ4n) is 1.69. The highest BCUT2D eigenvalue weighted by molar-refractivity contribution is 9.10. The topological polar surface area (TPSA) is 3.24 Å². The van der Waals surface area contributed by atoms with Crippen molar-refractivity contribution >= 4 is 15.9 Å². The van der Waals surface area contributed by atoms with Crippen LogP contribution in [0.3, 0.4) is 0 Å². The summed E-state index contributed by atoms with van der Waals surface area (Å²) in [6, 6.07) is 8.51. The van der Waals surface area contributed by atoms with E-state index < -0.39 is 0 Å². The van der Waals surface area contributed by atoms with Crippen LogP contribution in [-0.4, -0.2) is 18.0 Å². The summed E-state index contributed by atoms with van der Waals surface area (Å²) < 4.78 is 1.15. The lowest BCUT2D eigenvalue weighted by Crippen LogP contribution is -2.24. The molecule has 0 aliphatic heterocycles. The van der Waals surface area contributed by atoms with Crippen LogP contribution in [0.15, 0.2) is 41.4 Å². The van der Waals surface area contributed by atoms with Crippen molar-refractivity contribution in [1.82, 2.24) is 4.90 Å². The first-order valence-electron chi connectivity index (χ1n) is 5.84. The molecule has 1 rings (SSSR count). The fraction of sp³-hybridized carbons (Fsp3) is 0.429. The summed E-state index contributed by atoms with van der Waals surface area (Å²) in [5, 5.41) is 0. The highest BCUT2D eigenvalue weighted by Gasteiger charge is 2.03. The lowest BCUT2D eigenvalue weighted by atomic mass is 10.2. The van der Waals surface area contributed by atoms with Crippen molar-refractivity contribution in [1.29, 1.82) is 0 Å². The van der Waals surface area contributed by atoms with Crippen LogP contribution < -0.4 is 0 Å². The van der Waals surface area contributed by atoms with Crippen LogP contribution in [0.1, 0.15) is 25.3 Å². The Morgan fingerprint density at radius 1 is 1.44 bits per heavy atom. The maximum Gasteiger partial charge on any atom is 0.0237 e. The molecule has 16 heavy (non-hydrogen) atoms. The van der Waals surface area contributed by atoms with Crippen molar-refractivity contribution in [3.8, 4) is 0 Å². The summed E-state index contributed by atoms with van der Waals surface area (Å²) in [6.45, 7) is 9.16. The van der Waals surface area contributed by atoms with E-state index in [-0.39, 0.29) is 0 Å². The van der Waals surface area contributed by atoms with Gasteiger partial charge in [0.1, 0.15) is 0 Å². The van der Waals surface area contributed by atoms with Gasteiger partial charge in [0.2, 0.25) is 0 Å². The third kappa shape index (κ3) is 4.95. The molecule has 1 nitrogen and oxygen atoms in total. The number of hydrogen-bond acceptors (Lipinski definition) is 1. The van der Waals surface area contributed by atoms with Gasteiger partial charge in [-0.1, -0.05) is 47.5 Å². The minimum atomic E-state index is 0.965. The highest BCUT2D eigenvalue weighted by Crippen LogP contribution is 2.13. The van der Waals surface area contributed by atoms with Crippen molar-refractivity contribution in [3.63, 3.8) is 0 Å². The zero-order chi connectivity index (χ0) is 11.8. The summed E-state index contributed by atoms with van der Waals surface area (Å²) in [5.74, 6) is 0. The number of halogens is 1. The van der Waals surface area contributed by atoms with Crippen LogP contribution in [0.2, 0.25) is 0 Å². The van der Waals surface area contributed by atoms with E-state index in [0.717, 1.165) is 24.1 Å². The standard InChI is InChI=1S/C14H20BrN/c1-3-5-10-16(9-4-2)12-13-7-6-8-14(15)11-13/h4,6-8,11H,2-3,5,9-10,12H2,1H3. The molecule has 0 heterocycles. The predicted octanol–water partition coefficient (Wildman–Crippen LogP) is 4.24. The molecule has 0 aromatic heterocycles. The van der Waals surface area contributed by atoms with Gasteiger partial charge < -0.3 is 0 Å². The van der Waals surface area contributed by atoms with Crippen LogP contribution in [0.5, 0.6) is 0 Å². The molecule has 0 radical (unpaired) electrons. The Balaban J connectivity index is 2.56. The van der Waals surface area contributed by atoms with Crippen molar-refractivity contribution in [2.24, 2.45) is 0 Å². The summed E-state index contributed by atoms with van der Waals surface area (Å²) in [6.07, 6.45) is 4.47. The summed E-state index contributed by atoms with van der Waals surface area (Å²) in [4.78, 5) is 2.43. The Morgan fingerprint density at radius 3 is 2.88 bits per heavy atom. The normalized spacial score (nSPS) is 10.7. The maximum atomic E-state index is 3.82. The van der Waals surface area contributed by atoms with E-state index in [1.54, 1.807) is 0 Å². The number of hydrogen-bond donors (Lipinski definition) is 0. The first-order chi connectivity index (χ1) is 7.76. The van der Waals surface area contributed by atoms with Gasteiger partial charge in [-0.05, 0) is 30.7 Å². The number of benzene rings is 1. The van der Waals surface area contributed by atoms with E-state index in [4.69, 9.17) is 0 Å². The largest absolute Gasteiger partial charge is 0.295 e. The van der Waals surface area contributed by atoms with E-state index >= 15 is 0 Å². The SMILES string of the molecule is C=CCN(CCCC)Cc1cccc(Br)c1. The predicted molar refractivity (Wildman–Crippen MR) is 74.5 cm³/mol. The first-order valence-corrected chi connectivity index (χ1v) is 6.63. The molecule has 0 bridgehead atoms. The van der Waals surface area contributed by atoms with Gasteiger partial charge >= 0.3 is 0 Å². The van der Waals surface area contributed by atoms with Gasteiger partial charge in [-0.25, -0.2) is 0 Å². The summed E-state index contributed by atoms with van der Waals surface area (Å²) in [5.41, 5.74) is 1.35. The second-order valence-corrected chi connectivity index (χ2v) is 4.92. The van der Waals surface area contributed by atoms with Crippen LogP contribution in [-0.2, 0) is 6.54 Å². The molecule has 0 aliphatic carbocycles. The molecular formula is C14H20BrN. The molecule has 0 unspecified atom stereocenters. The molecule has 0 fully saturated rings. The molecule has 0 atom stereocenters. The monoisotopic (exact) mass is 281 g/mol. The van der Waals surface area contributed by atoms with Gasteiger partial charge in [-0.2, -0.15) is 0 Å².